The number of thioether (sulfide) groups is 1. The van der Waals surface area contributed by atoms with Crippen LogP contribution in [-0.4, -0.2) is 41.4 Å². The first kappa shape index (κ1) is 21.0. The summed E-state index contributed by atoms with van der Waals surface area (Å²) in [4.78, 5) is 21.9. The number of aryl methyl sites for hydroxylation is 2. The Morgan fingerprint density at radius 3 is 2.78 bits per heavy atom. The van der Waals surface area contributed by atoms with Crippen molar-refractivity contribution in [2.45, 2.75) is 45.1 Å². The van der Waals surface area contributed by atoms with Crippen molar-refractivity contribution in [1.82, 2.24) is 10.3 Å². The number of ether oxygens (including phenoxy) is 1. The van der Waals surface area contributed by atoms with Gasteiger partial charge in [-0.1, -0.05) is 12.1 Å². The van der Waals surface area contributed by atoms with Gasteiger partial charge >= 0.3 is 0 Å². The van der Waals surface area contributed by atoms with Gasteiger partial charge in [0.1, 0.15) is 12.9 Å². The second-order valence-corrected chi connectivity index (χ2v) is 7.72. The Bertz CT molecular complexity index is 837. The number of carbonyl (C=O) groups excluding carboxylic acids is 1. The zero-order valence-electron chi connectivity index (χ0n) is 16.7. The van der Waals surface area contributed by atoms with Crippen LogP contribution in [0.15, 0.2) is 29.6 Å². The molecule has 0 fully saturated rings. The molecule has 1 N–H and O–H groups in total. The van der Waals surface area contributed by atoms with E-state index in [0.717, 1.165) is 28.5 Å². The normalized spacial score (nSPS) is 13.0. The van der Waals surface area contributed by atoms with Gasteiger partial charge in [0.15, 0.2) is 0 Å². The highest BCUT2D eigenvalue weighted by Crippen LogP contribution is 2.26. The summed E-state index contributed by atoms with van der Waals surface area (Å²) in [6, 6.07) is 5.96. The number of hydrogen-bond acceptors (Lipinski definition) is 6. The number of aromatic nitrogens is 1. The molecule has 146 valence electrons. The molecule has 1 heterocycles. The Kier molecular flexibility index (Phi) is 7.07. The summed E-state index contributed by atoms with van der Waals surface area (Å²) in [7, 11) is 1.46. The van der Waals surface area contributed by atoms with Crippen LogP contribution in [0.2, 0.25) is 0 Å². The van der Waals surface area contributed by atoms with E-state index in [2.05, 4.69) is 28.4 Å². The van der Waals surface area contributed by atoms with Crippen LogP contribution in [0.5, 0.6) is 5.75 Å². The van der Waals surface area contributed by atoms with Crippen LogP contribution in [0.1, 0.15) is 31.9 Å². The molecule has 0 saturated carbocycles. The van der Waals surface area contributed by atoms with Crippen LogP contribution < -0.4 is 10.1 Å². The van der Waals surface area contributed by atoms with Crippen LogP contribution in [0.4, 0.5) is 0 Å². The van der Waals surface area contributed by atoms with Crippen molar-refractivity contribution in [2.24, 2.45) is 5.16 Å². The lowest BCUT2D eigenvalue weighted by Crippen LogP contribution is -2.49. The largest absolute Gasteiger partial charge is 0.470 e. The number of hydrogen-bond donors (Lipinski definition) is 1. The first-order valence-corrected chi connectivity index (χ1v) is 10.1. The SMILES string of the molecule is CCc1cnc2c(C)cc(OC(SC)C(=O)NC(C)(C)/C=N/OC)cc2c1. The summed E-state index contributed by atoms with van der Waals surface area (Å²) >= 11 is 1.33. The molecule has 1 amide bonds. The third-order valence-corrected chi connectivity index (χ3v) is 4.75. The Balaban J connectivity index is 2.22. The second-order valence-electron chi connectivity index (χ2n) is 6.82. The Morgan fingerprint density at radius 2 is 2.15 bits per heavy atom. The number of carbonyl (C=O) groups is 1. The monoisotopic (exact) mass is 389 g/mol. The fourth-order valence-corrected chi connectivity index (χ4v) is 3.11. The minimum Gasteiger partial charge on any atom is -0.470 e. The minimum absolute atomic E-state index is 0.228. The van der Waals surface area contributed by atoms with E-state index >= 15 is 0 Å². The molecule has 27 heavy (non-hydrogen) atoms. The van der Waals surface area contributed by atoms with Crippen molar-refractivity contribution in [3.8, 4) is 5.75 Å². The highest BCUT2D eigenvalue weighted by Gasteiger charge is 2.26. The highest BCUT2D eigenvalue weighted by molar-refractivity contribution is 7.99. The number of nitrogens with one attached hydrogen (secondary N) is 1. The van der Waals surface area contributed by atoms with E-state index in [0.29, 0.717) is 5.75 Å². The molecule has 0 aliphatic heterocycles. The summed E-state index contributed by atoms with van der Waals surface area (Å²) in [5.41, 5.74) is 1.79. The van der Waals surface area contributed by atoms with Gasteiger partial charge in [-0.25, -0.2) is 0 Å². The average Bonchev–Trinajstić information content (AvgIpc) is 2.63. The molecule has 2 aromatic rings. The number of fused-ring (bicyclic) bond motifs is 1. The zero-order valence-corrected chi connectivity index (χ0v) is 17.5. The predicted octanol–water partition coefficient (Wildman–Crippen LogP) is 3.70. The molecular formula is C20H27N3O3S. The van der Waals surface area contributed by atoms with E-state index in [1.807, 2.05) is 45.4 Å². The summed E-state index contributed by atoms with van der Waals surface area (Å²) in [5, 5.41) is 7.65. The third kappa shape index (κ3) is 5.60. The van der Waals surface area contributed by atoms with Crippen molar-refractivity contribution in [2.75, 3.05) is 13.4 Å². The van der Waals surface area contributed by atoms with Crippen LogP contribution in [-0.2, 0) is 16.1 Å². The van der Waals surface area contributed by atoms with Crippen molar-refractivity contribution < 1.29 is 14.4 Å². The quantitative estimate of drug-likeness (QED) is 0.423. The fraction of sp³-hybridized carbons (Fsp3) is 0.450. The van der Waals surface area contributed by atoms with E-state index in [-0.39, 0.29) is 5.91 Å². The molecule has 1 unspecified atom stereocenters. The molecule has 0 aliphatic rings. The topological polar surface area (TPSA) is 72.8 Å². The van der Waals surface area contributed by atoms with E-state index < -0.39 is 11.0 Å². The third-order valence-electron chi connectivity index (χ3n) is 4.01. The number of rotatable bonds is 8. The molecule has 0 saturated heterocycles. The van der Waals surface area contributed by atoms with Crippen LogP contribution in [0.25, 0.3) is 10.9 Å². The van der Waals surface area contributed by atoms with Crippen LogP contribution >= 0.6 is 11.8 Å². The Morgan fingerprint density at radius 1 is 1.41 bits per heavy atom. The predicted molar refractivity (Wildman–Crippen MR) is 112 cm³/mol. The molecule has 0 aliphatic carbocycles. The summed E-state index contributed by atoms with van der Waals surface area (Å²) in [6.07, 6.45) is 6.20. The molecule has 6 nitrogen and oxygen atoms in total. The van der Waals surface area contributed by atoms with Crippen molar-refractivity contribution in [1.29, 1.82) is 0 Å². The molecule has 2 rings (SSSR count). The summed E-state index contributed by atoms with van der Waals surface area (Å²) in [6.45, 7) is 7.76. The molecule has 1 aromatic heterocycles. The van der Waals surface area contributed by atoms with Gasteiger partial charge in [0.2, 0.25) is 5.44 Å². The van der Waals surface area contributed by atoms with E-state index in [1.54, 1.807) is 6.21 Å². The number of nitrogens with zero attached hydrogens (tertiary/aromatic N) is 2. The van der Waals surface area contributed by atoms with Crippen molar-refractivity contribution in [3.63, 3.8) is 0 Å². The van der Waals surface area contributed by atoms with Crippen LogP contribution in [0.3, 0.4) is 0 Å². The molecule has 0 spiro atoms. The average molecular weight is 390 g/mol. The van der Waals surface area contributed by atoms with Gasteiger partial charge in [-0.3, -0.25) is 9.78 Å². The zero-order chi connectivity index (χ0) is 20.0. The van der Waals surface area contributed by atoms with Gasteiger partial charge < -0.3 is 14.9 Å². The molecule has 1 atom stereocenters. The van der Waals surface area contributed by atoms with Gasteiger partial charge in [0.25, 0.3) is 5.91 Å². The van der Waals surface area contributed by atoms with Crippen molar-refractivity contribution in [3.05, 3.63) is 35.5 Å². The maximum absolute atomic E-state index is 12.6. The minimum atomic E-state index is -0.681. The van der Waals surface area contributed by atoms with Crippen LogP contribution in [0, 0.1) is 6.92 Å². The highest BCUT2D eigenvalue weighted by atomic mass is 32.2. The number of pyridine rings is 1. The van der Waals surface area contributed by atoms with Gasteiger partial charge in [0.05, 0.1) is 17.3 Å². The maximum atomic E-state index is 12.6. The van der Waals surface area contributed by atoms with Gasteiger partial charge in [-0.05, 0) is 62.8 Å². The number of oxime groups is 1. The van der Waals surface area contributed by atoms with E-state index in [1.165, 1.54) is 18.9 Å². The Labute approximate surface area is 164 Å². The van der Waals surface area contributed by atoms with Gasteiger partial charge in [0, 0.05) is 11.6 Å². The van der Waals surface area contributed by atoms with E-state index in [4.69, 9.17) is 9.57 Å². The molecular weight excluding hydrogens is 362 g/mol. The lowest BCUT2D eigenvalue weighted by atomic mass is 10.1. The maximum Gasteiger partial charge on any atom is 0.272 e. The smallest absolute Gasteiger partial charge is 0.272 e. The van der Waals surface area contributed by atoms with Gasteiger partial charge in [-0.15, -0.1) is 11.8 Å². The lowest BCUT2D eigenvalue weighted by Gasteiger charge is -2.24. The first-order valence-electron chi connectivity index (χ1n) is 8.78. The number of benzene rings is 1. The summed E-state index contributed by atoms with van der Waals surface area (Å²) < 4.78 is 5.99. The fourth-order valence-electron chi connectivity index (χ4n) is 2.63. The second kappa shape index (κ2) is 9.08. The molecule has 0 bridgehead atoms. The molecule has 1 aromatic carbocycles. The van der Waals surface area contributed by atoms with E-state index in [9.17, 15) is 4.79 Å². The van der Waals surface area contributed by atoms with Gasteiger partial charge in [-0.2, -0.15) is 0 Å². The first-order chi connectivity index (χ1) is 12.8. The number of amides is 1. The lowest BCUT2D eigenvalue weighted by molar-refractivity contribution is -0.125. The molecule has 7 heteroatoms. The van der Waals surface area contributed by atoms with Crippen molar-refractivity contribution >= 4 is 34.8 Å². The Hall–Kier alpha value is -2.28. The summed E-state index contributed by atoms with van der Waals surface area (Å²) in [5.74, 6) is 0.418. The molecule has 0 radical (unpaired) electrons. The standard InChI is InChI=1S/C20H27N3O3S/c1-7-14-9-15-10-16(8-13(2)17(15)21-11-14)26-19(27-6)18(24)23-20(3,4)12-22-25-5/h8-12,19H,7H2,1-6H3,(H,23,24)/b22-12+.